The Morgan fingerprint density at radius 3 is 3.07 bits per heavy atom. The van der Waals surface area contributed by atoms with E-state index in [1.54, 1.807) is 25.3 Å². The van der Waals surface area contributed by atoms with E-state index in [1.165, 1.54) is 10.9 Å². The summed E-state index contributed by atoms with van der Waals surface area (Å²) >= 11 is 0. The van der Waals surface area contributed by atoms with Crippen LogP contribution in [0.4, 0.5) is 5.95 Å². The molecule has 3 N–H and O–H groups in total. The smallest absolute Gasteiger partial charge is 0.263 e. The molecular weight excluding hydrogens is 196 g/mol. The molecule has 0 fully saturated rings. The molecule has 0 saturated carbocycles. The molecule has 15 heavy (non-hydrogen) atoms. The number of hydrazone groups is 1. The van der Waals surface area contributed by atoms with Crippen LogP contribution in [0.2, 0.25) is 0 Å². The van der Waals surface area contributed by atoms with Gasteiger partial charge in [-0.25, -0.2) is 10.1 Å². The average Bonchev–Trinajstić information content (AvgIpc) is 2.83. The van der Waals surface area contributed by atoms with Crippen molar-refractivity contribution < 1.29 is 4.42 Å². The van der Waals surface area contributed by atoms with Gasteiger partial charge in [-0.3, -0.25) is 0 Å². The third-order valence-corrected chi connectivity index (χ3v) is 1.77. The number of furan rings is 1. The van der Waals surface area contributed by atoms with E-state index < -0.39 is 0 Å². The van der Waals surface area contributed by atoms with Gasteiger partial charge in [0.2, 0.25) is 0 Å². The number of nitrogens with two attached hydrogens (primary N) is 1. The molecule has 0 amide bonds. The van der Waals surface area contributed by atoms with Gasteiger partial charge in [0.05, 0.1) is 12.5 Å². The van der Waals surface area contributed by atoms with Gasteiger partial charge in [0.1, 0.15) is 5.76 Å². The monoisotopic (exact) mass is 206 g/mol. The van der Waals surface area contributed by atoms with E-state index in [1.807, 2.05) is 0 Å². The van der Waals surface area contributed by atoms with Crippen LogP contribution in [0.15, 0.2) is 27.9 Å². The zero-order valence-electron chi connectivity index (χ0n) is 8.08. The Labute approximate surface area is 85.6 Å². The first-order valence-corrected chi connectivity index (χ1v) is 4.27. The fourth-order valence-electron chi connectivity index (χ4n) is 0.964. The molecule has 2 aromatic rings. The molecule has 2 rings (SSSR count). The molecule has 0 radical (unpaired) electrons. The third-order valence-electron chi connectivity index (χ3n) is 1.77. The second-order valence-corrected chi connectivity index (χ2v) is 2.83. The standard InChI is InChI=1S/C8H10N6O/c1-6-11-13-8(14(6)9)12-10-5-7-3-2-4-15-7/h2-5H,9H2,1H3,(H,12,13)/b10-5+. The first kappa shape index (κ1) is 9.25. The van der Waals surface area contributed by atoms with Gasteiger partial charge in [0.15, 0.2) is 5.82 Å². The van der Waals surface area contributed by atoms with Crippen molar-refractivity contribution in [2.24, 2.45) is 5.10 Å². The molecule has 0 aromatic carbocycles. The zero-order valence-corrected chi connectivity index (χ0v) is 8.08. The molecule has 2 aromatic heterocycles. The normalized spacial score (nSPS) is 11.0. The van der Waals surface area contributed by atoms with Gasteiger partial charge in [-0.1, -0.05) is 0 Å². The molecule has 78 valence electrons. The van der Waals surface area contributed by atoms with Crippen LogP contribution < -0.4 is 11.3 Å². The van der Waals surface area contributed by atoms with E-state index in [-0.39, 0.29) is 0 Å². The van der Waals surface area contributed by atoms with Crippen molar-refractivity contribution in [1.82, 2.24) is 14.9 Å². The Morgan fingerprint density at radius 1 is 1.60 bits per heavy atom. The van der Waals surface area contributed by atoms with Crippen molar-refractivity contribution in [2.75, 3.05) is 11.3 Å². The lowest BCUT2D eigenvalue weighted by molar-refractivity contribution is 0.560. The summed E-state index contributed by atoms with van der Waals surface area (Å²) in [6.45, 7) is 1.74. The van der Waals surface area contributed by atoms with Crippen LogP contribution in [-0.4, -0.2) is 21.1 Å². The van der Waals surface area contributed by atoms with Crippen molar-refractivity contribution in [3.63, 3.8) is 0 Å². The highest BCUT2D eigenvalue weighted by Gasteiger charge is 2.02. The summed E-state index contributed by atoms with van der Waals surface area (Å²) in [5, 5.41) is 11.4. The number of aryl methyl sites for hydroxylation is 1. The van der Waals surface area contributed by atoms with Crippen LogP contribution in [-0.2, 0) is 0 Å². The summed E-state index contributed by atoms with van der Waals surface area (Å²) < 4.78 is 6.35. The highest BCUT2D eigenvalue weighted by atomic mass is 16.3. The maximum absolute atomic E-state index is 5.59. The van der Waals surface area contributed by atoms with Crippen LogP contribution in [0.3, 0.4) is 0 Å². The van der Waals surface area contributed by atoms with Gasteiger partial charge < -0.3 is 10.3 Å². The summed E-state index contributed by atoms with van der Waals surface area (Å²) in [6.07, 6.45) is 3.08. The van der Waals surface area contributed by atoms with Gasteiger partial charge in [-0.05, 0) is 19.1 Å². The summed E-state index contributed by atoms with van der Waals surface area (Å²) in [7, 11) is 0. The number of nitrogen functional groups attached to an aromatic ring is 1. The highest BCUT2D eigenvalue weighted by molar-refractivity contribution is 5.76. The molecule has 0 spiro atoms. The molecule has 0 aliphatic heterocycles. The van der Waals surface area contributed by atoms with Gasteiger partial charge in [-0.15, -0.1) is 10.2 Å². The predicted molar refractivity (Wildman–Crippen MR) is 54.8 cm³/mol. The Kier molecular flexibility index (Phi) is 2.36. The molecule has 0 unspecified atom stereocenters. The quantitative estimate of drug-likeness (QED) is 0.429. The fraction of sp³-hybridized carbons (Fsp3) is 0.125. The van der Waals surface area contributed by atoms with Crippen LogP contribution in [0.1, 0.15) is 11.6 Å². The van der Waals surface area contributed by atoms with Crippen molar-refractivity contribution in [3.8, 4) is 0 Å². The Hall–Kier alpha value is -2.31. The summed E-state index contributed by atoms with van der Waals surface area (Å²) in [5.41, 5.74) is 2.65. The van der Waals surface area contributed by atoms with Crippen LogP contribution in [0.25, 0.3) is 0 Å². The van der Waals surface area contributed by atoms with Gasteiger partial charge in [0.25, 0.3) is 5.95 Å². The fourth-order valence-corrected chi connectivity index (χ4v) is 0.964. The molecule has 0 saturated heterocycles. The predicted octanol–water partition coefficient (Wildman–Crippen LogP) is 0.339. The van der Waals surface area contributed by atoms with Crippen molar-refractivity contribution in [1.29, 1.82) is 0 Å². The highest BCUT2D eigenvalue weighted by Crippen LogP contribution is 2.01. The third kappa shape index (κ3) is 1.96. The number of hydrogen-bond acceptors (Lipinski definition) is 6. The SMILES string of the molecule is Cc1nnc(N/N=C/c2ccco2)n1N. The van der Waals surface area contributed by atoms with Crippen LogP contribution >= 0.6 is 0 Å². The first-order chi connectivity index (χ1) is 7.27. The molecule has 2 heterocycles. The summed E-state index contributed by atoms with van der Waals surface area (Å²) in [6, 6.07) is 3.56. The Bertz CT molecular complexity index is 457. The minimum absolute atomic E-state index is 0.371. The van der Waals surface area contributed by atoms with Gasteiger partial charge >= 0.3 is 0 Å². The van der Waals surface area contributed by atoms with E-state index >= 15 is 0 Å². The second-order valence-electron chi connectivity index (χ2n) is 2.83. The van der Waals surface area contributed by atoms with E-state index in [9.17, 15) is 0 Å². The number of aromatic nitrogens is 3. The number of nitrogens with zero attached hydrogens (tertiary/aromatic N) is 4. The zero-order chi connectivity index (χ0) is 10.7. The minimum atomic E-state index is 0.371. The van der Waals surface area contributed by atoms with Crippen molar-refractivity contribution >= 4 is 12.2 Å². The molecule has 0 aliphatic carbocycles. The number of nitrogens with one attached hydrogen (secondary N) is 1. The number of hydrogen-bond donors (Lipinski definition) is 2. The number of rotatable bonds is 3. The lowest BCUT2D eigenvalue weighted by atomic mass is 10.5. The molecular formula is C8H10N6O. The lowest BCUT2D eigenvalue weighted by Crippen LogP contribution is -2.13. The molecule has 0 aliphatic rings. The van der Waals surface area contributed by atoms with Crippen molar-refractivity contribution in [3.05, 3.63) is 30.0 Å². The van der Waals surface area contributed by atoms with E-state index in [2.05, 4.69) is 20.7 Å². The lowest BCUT2D eigenvalue weighted by Gasteiger charge is -1.98. The average molecular weight is 206 g/mol. The molecule has 7 heteroatoms. The topological polar surface area (TPSA) is 94.3 Å². The maximum Gasteiger partial charge on any atom is 0.263 e. The maximum atomic E-state index is 5.59. The van der Waals surface area contributed by atoms with Gasteiger partial charge in [-0.2, -0.15) is 5.10 Å². The number of anilines is 1. The van der Waals surface area contributed by atoms with Crippen LogP contribution in [0.5, 0.6) is 0 Å². The Balaban J connectivity index is 2.02. The van der Waals surface area contributed by atoms with Crippen LogP contribution in [0, 0.1) is 6.92 Å². The Morgan fingerprint density at radius 2 is 2.47 bits per heavy atom. The molecule has 0 bridgehead atoms. The minimum Gasteiger partial charge on any atom is -0.463 e. The van der Waals surface area contributed by atoms with E-state index in [4.69, 9.17) is 10.3 Å². The molecule has 0 atom stereocenters. The first-order valence-electron chi connectivity index (χ1n) is 4.27. The molecule has 7 nitrogen and oxygen atoms in total. The summed E-state index contributed by atoms with van der Waals surface area (Å²) in [4.78, 5) is 0. The second kappa shape index (κ2) is 3.82. The summed E-state index contributed by atoms with van der Waals surface area (Å²) in [5.74, 6) is 7.21. The van der Waals surface area contributed by atoms with Crippen molar-refractivity contribution in [2.45, 2.75) is 6.92 Å². The van der Waals surface area contributed by atoms with E-state index in [0.29, 0.717) is 17.5 Å². The largest absolute Gasteiger partial charge is 0.463 e. The van der Waals surface area contributed by atoms with Gasteiger partial charge in [0, 0.05) is 0 Å². The van der Waals surface area contributed by atoms with E-state index in [0.717, 1.165) is 0 Å².